The molecule has 6 heteroatoms. The molecule has 0 saturated carbocycles. The number of rotatable bonds is 4. The molecule has 4 N–H and O–H groups in total. The van der Waals surface area contributed by atoms with Gasteiger partial charge in [0, 0.05) is 12.2 Å². The highest BCUT2D eigenvalue weighted by Gasteiger charge is 2.31. The highest BCUT2D eigenvalue weighted by atomic mass is 16.5. The van der Waals surface area contributed by atoms with Crippen molar-refractivity contribution in [3.63, 3.8) is 0 Å². The molecule has 18 heavy (non-hydrogen) atoms. The quantitative estimate of drug-likeness (QED) is 0.555. The smallest absolute Gasteiger partial charge is 0.148 e. The summed E-state index contributed by atoms with van der Waals surface area (Å²) < 4.78 is 5.44. The van der Waals surface area contributed by atoms with Crippen molar-refractivity contribution in [2.75, 3.05) is 24.0 Å². The Kier molecular flexibility index (Phi) is 3.68. The van der Waals surface area contributed by atoms with Crippen LogP contribution >= 0.6 is 0 Å². The van der Waals surface area contributed by atoms with Crippen LogP contribution < -0.4 is 16.6 Å². The van der Waals surface area contributed by atoms with E-state index in [0.717, 1.165) is 24.4 Å². The van der Waals surface area contributed by atoms with E-state index in [9.17, 15) is 0 Å². The minimum Gasteiger partial charge on any atom is -0.379 e. The summed E-state index contributed by atoms with van der Waals surface area (Å²) in [4.78, 5) is 8.50. The summed E-state index contributed by atoms with van der Waals surface area (Å²) in [5.41, 5.74) is 3.57. The van der Waals surface area contributed by atoms with Crippen molar-refractivity contribution in [2.45, 2.75) is 38.6 Å². The number of aromatic nitrogens is 2. The van der Waals surface area contributed by atoms with E-state index in [-0.39, 0.29) is 11.5 Å². The Hall–Kier alpha value is -1.40. The first kappa shape index (κ1) is 13.0. The number of ether oxygens (including phenoxy) is 1. The summed E-state index contributed by atoms with van der Waals surface area (Å²) in [7, 11) is 0. The summed E-state index contributed by atoms with van der Waals surface area (Å²) in [5, 5.41) is 3.47. The summed E-state index contributed by atoms with van der Waals surface area (Å²) >= 11 is 0. The minimum atomic E-state index is -0.0656. The Labute approximate surface area is 107 Å². The second kappa shape index (κ2) is 5.07. The lowest BCUT2D eigenvalue weighted by molar-refractivity contribution is 0.185. The number of anilines is 2. The zero-order valence-corrected chi connectivity index (χ0v) is 11.2. The van der Waals surface area contributed by atoms with Crippen LogP contribution in [0.25, 0.3) is 0 Å². The van der Waals surface area contributed by atoms with Crippen LogP contribution in [-0.2, 0) is 4.74 Å². The van der Waals surface area contributed by atoms with Crippen molar-refractivity contribution in [1.82, 2.24) is 9.97 Å². The van der Waals surface area contributed by atoms with Crippen LogP contribution in [0.3, 0.4) is 0 Å². The molecule has 100 valence electrons. The summed E-state index contributed by atoms with van der Waals surface area (Å²) in [6.45, 7) is 7.81. The Morgan fingerprint density at radius 3 is 2.67 bits per heavy atom. The van der Waals surface area contributed by atoms with Crippen molar-refractivity contribution in [3.8, 4) is 0 Å². The molecule has 1 fully saturated rings. The maximum Gasteiger partial charge on any atom is 0.148 e. The predicted molar refractivity (Wildman–Crippen MR) is 71.4 cm³/mol. The topological polar surface area (TPSA) is 85.1 Å². The van der Waals surface area contributed by atoms with Gasteiger partial charge in [-0.25, -0.2) is 15.8 Å². The largest absolute Gasteiger partial charge is 0.379 e. The number of hydrogen-bond donors (Lipinski definition) is 3. The molecule has 0 amide bonds. The van der Waals surface area contributed by atoms with Gasteiger partial charge < -0.3 is 15.5 Å². The molecule has 1 aromatic heterocycles. The van der Waals surface area contributed by atoms with Crippen LogP contribution in [0.1, 0.15) is 38.7 Å². The average molecular weight is 251 g/mol. The maximum absolute atomic E-state index is 5.51. The van der Waals surface area contributed by atoms with Crippen LogP contribution in [0, 0.1) is 0 Å². The second-order valence-corrected chi connectivity index (χ2v) is 5.27. The Morgan fingerprint density at radius 1 is 1.39 bits per heavy atom. The van der Waals surface area contributed by atoms with Crippen LogP contribution in [-0.4, -0.2) is 28.7 Å². The van der Waals surface area contributed by atoms with Gasteiger partial charge in [0.05, 0.1) is 12.1 Å². The van der Waals surface area contributed by atoms with Gasteiger partial charge in [-0.05, 0) is 19.3 Å². The van der Waals surface area contributed by atoms with E-state index in [1.807, 2.05) is 0 Å². The number of hydrazine groups is 1. The number of nitrogens with zero attached hydrogens (tertiary/aromatic N) is 2. The Bertz CT molecular complexity index is 415. The second-order valence-electron chi connectivity index (χ2n) is 5.27. The standard InChI is InChI=1S/C12H21N5O/c1-8(2)9-10(14-7-15-11(9)17-13)16-12(3)4-5-18-6-12/h7-8H,4-6,13H2,1-3H3,(H2,14,15,16,17). The molecule has 0 bridgehead atoms. The molecule has 2 heterocycles. The zero-order chi connectivity index (χ0) is 13.2. The molecule has 0 spiro atoms. The first-order chi connectivity index (χ1) is 8.56. The molecule has 1 aliphatic heterocycles. The third-order valence-corrected chi connectivity index (χ3v) is 3.24. The van der Waals surface area contributed by atoms with Gasteiger partial charge in [0.1, 0.15) is 18.0 Å². The summed E-state index contributed by atoms with van der Waals surface area (Å²) in [5.74, 6) is 7.29. The Morgan fingerprint density at radius 2 is 2.11 bits per heavy atom. The molecular weight excluding hydrogens is 230 g/mol. The van der Waals surface area contributed by atoms with E-state index >= 15 is 0 Å². The highest BCUT2D eigenvalue weighted by Crippen LogP contribution is 2.31. The van der Waals surface area contributed by atoms with Gasteiger partial charge in [-0.1, -0.05) is 13.8 Å². The van der Waals surface area contributed by atoms with E-state index in [1.54, 1.807) is 0 Å². The molecule has 0 radical (unpaired) electrons. The van der Waals surface area contributed by atoms with Gasteiger partial charge in [0.2, 0.25) is 0 Å². The molecule has 0 aromatic carbocycles. The fraction of sp³-hybridized carbons (Fsp3) is 0.667. The van der Waals surface area contributed by atoms with Crippen molar-refractivity contribution in [2.24, 2.45) is 5.84 Å². The van der Waals surface area contributed by atoms with Gasteiger partial charge in [0.15, 0.2) is 0 Å². The fourth-order valence-electron chi connectivity index (χ4n) is 2.21. The molecule has 1 aromatic rings. The van der Waals surface area contributed by atoms with E-state index in [4.69, 9.17) is 10.6 Å². The molecule has 1 atom stereocenters. The number of nitrogens with one attached hydrogen (secondary N) is 2. The van der Waals surface area contributed by atoms with Crippen molar-refractivity contribution >= 4 is 11.6 Å². The van der Waals surface area contributed by atoms with Crippen LogP contribution in [0.4, 0.5) is 11.6 Å². The van der Waals surface area contributed by atoms with Gasteiger partial charge in [-0.3, -0.25) is 0 Å². The van der Waals surface area contributed by atoms with Gasteiger partial charge >= 0.3 is 0 Å². The van der Waals surface area contributed by atoms with E-state index in [0.29, 0.717) is 12.4 Å². The van der Waals surface area contributed by atoms with E-state index in [1.165, 1.54) is 6.33 Å². The zero-order valence-electron chi connectivity index (χ0n) is 11.2. The Balaban J connectivity index is 2.32. The molecule has 1 aliphatic rings. The van der Waals surface area contributed by atoms with Crippen molar-refractivity contribution in [1.29, 1.82) is 0 Å². The number of nitrogens with two attached hydrogens (primary N) is 1. The van der Waals surface area contributed by atoms with Crippen molar-refractivity contribution < 1.29 is 4.74 Å². The van der Waals surface area contributed by atoms with E-state index < -0.39 is 0 Å². The lowest BCUT2D eigenvalue weighted by Crippen LogP contribution is -2.36. The lowest BCUT2D eigenvalue weighted by Gasteiger charge is -2.27. The monoisotopic (exact) mass is 251 g/mol. The normalized spacial score (nSPS) is 23.4. The molecule has 2 rings (SSSR count). The summed E-state index contributed by atoms with van der Waals surface area (Å²) in [6.07, 6.45) is 2.49. The third kappa shape index (κ3) is 2.54. The number of nitrogen functional groups attached to an aromatic ring is 1. The number of hydrogen-bond acceptors (Lipinski definition) is 6. The lowest BCUT2D eigenvalue weighted by atomic mass is 9.99. The molecular formula is C12H21N5O. The van der Waals surface area contributed by atoms with Crippen molar-refractivity contribution in [3.05, 3.63) is 11.9 Å². The van der Waals surface area contributed by atoms with Crippen LogP contribution in [0.15, 0.2) is 6.33 Å². The predicted octanol–water partition coefficient (Wildman–Crippen LogP) is 1.48. The molecule has 1 unspecified atom stereocenters. The van der Waals surface area contributed by atoms with Gasteiger partial charge in [-0.15, -0.1) is 0 Å². The first-order valence-corrected chi connectivity index (χ1v) is 6.23. The summed E-state index contributed by atoms with van der Waals surface area (Å²) in [6, 6.07) is 0. The molecule has 0 aliphatic carbocycles. The van der Waals surface area contributed by atoms with E-state index in [2.05, 4.69) is 41.5 Å². The van der Waals surface area contributed by atoms with Gasteiger partial charge in [0.25, 0.3) is 0 Å². The fourth-order valence-corrected chi connectivity index (χ4v) is 2.21. The molecule has 6 nitrogen and oxygen atoms in total. The SMILES string of the molecule is CC(C)c1c(NN)ncnc1NC1(C)CCOC1. The van der Waals surface area contributed by atoms with Crippen LogP contribution in [0.5, 0.6) is 0 Å². The first-order valence-electron chi connectivity index (χ1n) is 6.23. The maximum atomic E-state index is 5.51. The highest BCUT2D eigenvalue weighted by molar-refractivity contribution is 5.59. The average Bonchev–Trinajstić information content (AvgIpc) is 2.75. The van der Waals surface area contributed by atoms with Gasteiger partial charge in [-0.2, -0.15) is 0 Å². The molecule has 1 saturated heterocycles. The minimum absolute atomic E-state index is 0.0656. The van der Waals surface area contributed by atoms with Crippen LogP contribution in [0.2, 0.25) is 0 Å². The third-order valence-electron chi connectivity index (χ3n) is 3.24.